The molecule has 0 saturated heterocycles. The molecule has 0 amide bonds. The van der Waals surface area contributed by atoms with Crippen molar-refractivity contribution in [1.29, 1.82) is 0 Å². The van der Waals surface area contributed by atoms with E-state index < -0.39 is 12.1 Å². The SMILES string of the molecule is CC(C)OC(=O)C(O)c1ccc2ccccc2c1. The molecule has 0 radical (unpaired) electrons. The summed E-state index contributed by atoms with van der Waals surface area (Å²) in [5.41, 5.74) is 0.555. The number of hydrogen-bond acceptors (Lipinski definition) is 3. The Labute approximate surface area is 106 Å². The van der Waals surface area contributed by atoms with Crippen molar-refractivity contribution in [2.45, 2.75) is 26.1 Å². The molecule has 94 valence electrons. The Hall–Kier alpha value is -1.87. The Bertz CT molecular complexity index is 560. The lowest BCUT2D eigenvalue weighted by atomic mass is 10.0. The minimum atomic E-state index is -1.22. The summed E-state index contributed by atoms with van der Waals surface area (Å²) in [4.78, 5) is 11.6. The average Bonchev–Trinajstić information content (AvgIpc) is 2.36. The summed E-state index contributed by atoms with van der Waals surface area (Å²) < 4.78 is 4.99. The van der Waals surface area contributed by atoms with Gasteiger partial charge in [-0.3, -0.25) is 0 Å². The molecule has 0 aliphatic rings. The van der Waals surface area contributed by atoms with Crippen molar-refractivity contribution >= 4 is 16.7 Å². The van der Waals surface area contributed by atoms with Gasteiger partial charge < -0.3 is 9.84 Å². The van der Waals surface area contributed by atoms with E-state index in [2.05, 4.69) is 0 Å². The van der Waals surface area contributed by atoms with E-state index >= 15 is 0 Å². The summed E-state index contributed by atoms with van der Waals surface area (Å²) >= 11 is 0. The van der Waals surface area contributed by atoms with E-state index in [0.29, 0.717) is 5.56 Å². The van der Waals surface area contributed by atoms with Gasteiger partial charge in [0.1, 0.15) is 0 Å². The van der Waals surface area contributed by atoms with E-state index in [0.717, 1.165) is 10.8 Å². The first-order chi connectivity index (χ1) is 8.58. The van der Waals surface area contributed by atoms with E-state index in [9.17, 15) is 9.90 Å². The zero-order valence-electron chi connectivity index (χ0n) is 10.5. The van der Waals surface area contributed by atoms with Crippen molar-refractivity contribution in [3.63, 3.8) is 0 Å². The highest BCUT2D eigenvalue weighted by Gasteiger charge is 2.20. The Kier molecular flexibility index (Phi) is 3.63. The second-order valence-electron chi connectivity index (χ2n) is 4.49. The van der Waals surface area contributed by atoms with Crippen LogP contribution in [0.5, 0.6) is 0 Å². The van der Waals surface area contributed by atoms with E-state index in [1.807, 2.05) is 36.4 Å². The summed E-state index contributed by atoms with van der Waals surface area (Å²) in [5.74, 6) is -0.611. The van der Waals surface area contributed by atoms with E-state index in [-0.39, 0.29) is 6.10 Å². The van der Waals surface area contributed by atoms with Crippen molar-refractivity contribution in [3.8, 4) is 0 Å². The average molecular weight is 244 g/mol. The first-order valence-electron chi connectivity index (χ1n) is 5.95. The van der Waals surface area contributed by atoms with Crippen LogP contribution in [0.3, 0.4) is 0 Å². The third-order valence-electron chi connectivity index (χ3n) is 2.66. The largest absolute Gasteiger partial charge is 0.461 e. The summed E-state index contributed by atoms with van der Waals surface area (Å²) in [6.45, 7) is 3.51. The van der Waals surface area contributed by atoms with E-state index in [1.165, 1.54) is 0 Å². The van der Waals surface area contributed by atoms with Crippen LogP contribution in [-0.4, -0.2) is 17.2 Å². The monoisotopic (exact) mass is 244 g/mol. The van der Waals surface area contributed by atoms with Crippen molar-refractivity contribution in [2.24, 2.45) is 0 Å². The number of carbonyl (C=O) groups excluding carboxylic acids is 1. The molecule has 2 rings (SSSR count). The fourth-order valence-corrected chi connectivity index (χ4v) is 1.81. The second-order valence-corrected chi connectivity index (χ2v) is 4.49. The van der Waals surface area contributed by atoms with Crippen LogP contribution in [0.2, 0.25) is 0 Å². The molecular formula is C15H16O3. The van der Waals surface area contributed by atoms with E-state index in [4.69, 9.17) is 4.74 Å². The Morgan fingerprint density at radius 3 is 2.44 bits per heavy atom. The predicted molar refractivity (Wildman–Crippen MR) is 70.1 cm³/mol. The summed E-state index contributed by atoms with van der Waals surface area (Å²) in [7, 11) is 0. The zero-order valence-corrected chi connectivity index (χ0v) is 10.5. The molecule has 18 heavy (non-hydrogen) atoms. The van der Waals surface area contributed by atoms with Crippen LogP contribution in [0.25, 0.3) is 10.8 Å². The molecule has 0 saturated carbocycles. The normalized spacial score (nSPS) is 12.7. The van der Waals surface area contributed by atoms with Gasteiger partial charge in [0.2, 0.25) is 0 Å². The molecule has 3 nitrogen and oxygen atoms in total. The number of benzene rings is 2. The smallest absolute Gasteiger partial charge is 0.339 e. The lowest BCUT2D eigenvalue weighted by Gasteiger charge is -2.13. The molecule has 2 aromatic carbocycles. The van der Waals surface area contributed by atoms with Crippen molar-refractivity contribution in [3.05, 3.63) is 48.0 Å². The van der Waals surface area contributed by atoms with Crippen LogP contribution in [0.4, 0.5) is 0 Å². The molecule has 0 bridgehead atoms. The maximum Gasteiger partial charge on any atom is 0.339 e. The minimum absolute atomic E-state index is 0.229. The quantitative estimate of drug-likeness (QED) is 0.844. The summed E-state index contributed by atoms with van der Waals surface area (Å²) in [5, 5.41) is 12.0. The lowest BCUT2D eigenvalue weighted by molar-refractivity contribution is -0.157. The Morgan fingerprint density at radius 1 is 1.11 bits per heavy atom. The Balaban J connectivity index is 2.27. The van der Waals surface area contributed by atoms with Gasteiger partial charge in [0, 0.05) is 0 Å². The standard InChI is InChI=1S/C15H16O3/c1-10(2)18-15(17)14(16)13-8-7-11-5-3-4-6-12(11)9-13/h3-10,14,16H,1-2H3. The van der Waals surface area contributed by atoms with Crippen LogP contribution in [0.1, 0.15) is 25.5 Å². The third-order valence-corrected chi connectivity index (χ3v) is 2.66. The van der Waals surface area contributed by atoms with Gasteiger partial charge in [-0.1, -0.05) is 36.4 Å². The molecule has 0 fully saturated rings. The van der Waals surface area contributed by atoms with Gasteiger partial charge in [0.25, 0.3) is 0 Å². The maximum absolute atomic E-state index is 11.6. The van der Waals surface area contributed by atoms with Crippen molar-refractivity contribution in [2.75, 3.05) is 0 Å². The molecule has 0 aliphatic carbocycles. The van der Waals surface area contributed by atoms with Crippen molar-refractivity contribution in [1.82, 2.24) is 0 Å². The zero-order chi connectivity index (χ0) is 13.1. The molecule has 0 aromatic heterocycles. The van der Waals surface area contributed by atoms with Crippen LogP contribution in [0.15, 0.2) is 42.5 Å². The number of fused-ring (bicyclic) bond motifs is 1. The fraction of sp³-hybridized carbons (Fsp3) is 0.267. The second kappa shape index (κ2) is 5.19. The van der Waals surface area contributed by atoms with Gasteiger partial charge >= 0.3 is 5.97 Å². The van der Waals surface area contributed by atoms with Gasteiger partial charge in [0.05, 0.1) is 6.10 Å². The summed E-state index contributed by atoms with van der Waals surface area (Å²) in [6, 6.07) is 13.2. The van der Waals surface area contributed by atoms with Crippen LogP contribution in [-0.2, 0) is 9.53 Å². The highest BCUT2D eigenvalue weighted by atomic mass is 16.6. The molecule has 3 heteroatoms. The molecule has 1 N–H and O–H groups in total. The van der Waals surface area contributed by atoms with Gasteiger partial charge in [0.15, 0.2) is 6.10 Å². The topological polar surface area (TPSA) is 46.5 Å². The first-order valence-corrected chi connectivity index (χ1v) is 5.95. The molecule has 1 atom stereocenters. The number of ether oxygens (including phenoxy) is 1. The van der Waals surface area contributed by atoms with Gasteiger partial charge in [-0.15, -0.1) is 0 Å². The molecule has 2 aromatic rings. The molecule has 1 unspecified atom stereocenters. The predicted octanol–water partition coefficient (Wildman–Crippen LogP) is 2.82. The number of rotatable bonds is 3. The number of hydrogen-bond donors (Lipinski definition) is 1. The first kappa shape index (κ1) is 12.6. The maximum atomic E-state index is 11.6. The minimum Gasteiger partial charge on any atom is -0.461 e. The summed E-state index contributed by atoms with van der Waals surface area (Å²) in [6.07, 6.45) is -1.45. The van der Waals surface area contributed by atoms with Gasteiger partial charge in [-0.2, -0.15) is 0 Å². The van der Waals surface area contributed by atoms with E-state index in [1.54, 1.807) is 19.9 Å². The van der Waals surface area contributed by atoms with Crippen molar-refractivity contribution < 1.29 is 14.6 Å². The third kappa shape index (κ3) is 2.68. The number of carbonyl (C=O) groups is 1. The highest BCUT2D eigenvalue weighted by Crippen LogP contribution is 2.21. The number of aliphatic hydroxyl groups is 1. The van der Waals surface area contributed by atoms with Crippen LogP contribution in [0, 0.1) is 0 Å². The molecule has 0 spiro atoms. The van der Waals surface area contributed by atoms with Crippen LogP contribution < -0.4 is 0 Å². The Morgan fingerprint density at radius 2 is 1.78 bits per heavy atom. The number of aliphatic hydroxyl groups excluding tert-OH is 1. The number of esters is 1. The lowest BCUT2D eigenvalue weighted by Crippen LogP contribution is -2.19. The molecule has 0 heterocycles. The molecule has 0 aliphatic heterocycles. The molecular weight excluding hydrogens is 228 g/mol. The van der Waals surface area contributed by atoms with Crippen LogP contribution >= 0.6 is 0 Å². The fourth-order valence-electron chi connectivity index (χ4n) is 1.81. The highest BCUT2D eigenvalue weighted by molar-refractivity contribution is 5.85. The van der Waals surface area contributed by atoms with Gasteiger partial charge in [-0.25, -0.2) is 4.79 Å². The van der Waals surface area contributed by atoms with Gasteiger partial charge in [-0.05, 0) is 36.2 Å².